The quantitative estimate of drug-likeness (QED) is 0.449. The summed E-state index contributed by atoms with van der Waals surface area (Å²) in [6.45, 7) is 0. The summed E-state index contributed by atoms with van der Waals surface area (Å²) in [5.74, 6) is -2.97. The molecule has 2 aliphatic rings. The van der Waals surface area contributed by atoms with Gasteiger partial charge in [0.1, 0.15) is 0 Å². The van der Waals surface area contributed by atoms with E-state index in [1.165, 1.54) is 0 Å². The second kappa shape index (κ2) is 9.47. The van der Waals surface area contributed by atoms with E-state index in [1.54, 1.807) is 0 Å². The van der Waals surface area contributed by atoms with Crippen molar-refractivity contribution in [2.75, 3.05) is 0 Å². The van der Waals surface area contributed by atoms with E-state index in [9.17, 15) is 19.1 Å². The monoisotopic (exact) mass is 527 g/mol. The number of hydrogen-bond acceptors (Lipinski definition) is 4. The van der Waals surface area contributed by atoms with Crippen LogP contribution in [0.3, 0.4) is 0 Å². The van der Waals surface area contributed by atoms with Crippen molar-refractivity contribution < 1.29 is 19.1 Å². The van der Waals surface area contributed by atoms with Crippen molar-refractivity contribution in [3.63, 3.8) is 0 Å². The molecule has 186 valence electrons. The number of carboxylic acid groups (broad SMARTS) is 1. The minimum Gasteiger partial charge on any atom is -0.478 e. The summed E-state index contributed by atoms with van der Waals surface area (Å²) >= 11 is 13.4. The Morgan fingerprint density at radius 2 is 1.56 bits per heavy atom. The zero-order valence-corrected chi connectivity index (χ0v) is 20.7. The van der Waals surface area contributed by atoms with Crippen LogP contribution in [0.5, 0.6) is 0 Å². The Labute approximate surface area is 217 Å². The maximum Gasteiger partial charge on any atom is 0.338 e. The molecular weight excluding hydrogens is 504 g/mol. The van der Waals surface area contributed by atoms with Gasteiger partial charge >= 0.3 is 5.97 Å². The summed E-state index contributed by atoms with van der Waals surface area (Å²) in [7, 11) is 0. The van der Waals surface area contributed by atoms with Crippen molar-refractivity contribution in [1.82, 2.24) is 9.88 Å². The van der Waals surface area contributed by atoms with Gasteiger partial charge in [-0.2, -0.15) is 0 Å². The van der Waals surface area contributed by atoms with Gasteiger partial charge in [0, 0.05) is 22.1 Å². The zero-order valence-electron chi connectivity index (χ0n) is 19.2. The van der Waals surface area contributed by atoms with Crippen LogP contribution < -0.4 is 5.73 Å². The van der Waals surface area contributed by atoms with Crippen LogP contribution in [0.4, 0.5) is 4.39 Å². The summed E-state index contributed by atoms with van der Waals surface area (Å²) in [5, 5.41) is 10.7. The van der Waals surface area contributed by atoms with Gasteiger partial charge in [0.05, 0.1) is 28.9 Å². The molecular formula is C27H24Cl2FN3O3. The van der Waals surface area contributed by atoms with Gasteiger partial charge in [-0.15, -0.1) is 0 Å². The van der Waals surface area contributed by atoms with E-state index in [0.29, 0.717) is 22.9 Å². The first-order valence-electron chi connectivity index (χ1n) is 11.7. The lowest BCUT2D eigenvalue weighted by molar-refractivity contribution is -0.127. The van der Waals surface area contributed by atoms with Crippen LogP contribution in [0.25, 0.3) is 0 Å². The van der Waals surface area contributed by atoms with E-state index >= 15 is 0 Å². The van der Waals surface area contributed by atoms with Crippen molar-refractivity contribution >= 4 is 35.1 Å². The van der Waals surface area contributed by atoms with Crippen molar-refractivity contribution in [3.8, 4) is 0 Å². The summed E-state index contributed by atoms with van der Waals surface area (Å²) in [5.41, 5.74) is 6.22. The molecule has 0 spiro atoms. The van der Waals surface area contributed by atoms with Gasteiger partial charge in [-0.1, -0.05) is 59.6 Å². The van der Waals surface area contributed by atoms with Crippen molar-refractivity contribution in [1.29, 1.82) is 0 Å². The van der Waals surface area contributed by atoms with Crippen molar-refractivity contribution in [2.24, 2.45) is 5.73 Å². The first-order valence-corrected chi connectivity index (χ1v) is 12.4. The van der Waals surface area contributed by atoms with Gasteiger partial charge < -0.3 is 10.8 Å². The Bertz CT molecular complexity index is 1290. The molecule has 0 saturated carbocycles. The van der Waals surface area contributed by atoms with Crippen molar-refractivity contribution in [3.05, 3.63) is 99.0 Å². The number of primary amides is 1. The maximum absolute atomic E-state index is 14.1. The molecule has 5 rings (SSSR count). The van der Waals surface area contributed by atoms with Crippen LogP contribution >= 0.6 is 23.2 Å². The molecule has 3 atom stereocenters. The van der Waals surface area contributed by atoms with E-state index in [4.69, 9.17) is 28.9 Å². The lowest BCUT2D eigenvalue weighted by Crippen LogP contribution is -2.56. The molecule has 2 fully saturated rings. The fraction of sp³-hybridized carbons (Fsp3) is 0.296. The minimum absolute atomic E-state index is 0.0890. The fourth-order valence-corrected chi connectivity index (χ4v) is 6.47. The van der Waals surface area contributed by atoms with Crippen LogP contribution in [-0.2, 0) is 10.2 Å². The smallest absolute Gasteiger partial charge is 0.338 e. The number of fused-ring (bicyclic) bond motifs is 2. The lowest BCUT2D eigenvalue weighted by atomic mass is 9.70. The Hall–Kier alpha value is -3.00. The number of carboxylic acids is 1. The number of carbonyl (C=O) groups excluding carboxylic acids is 1. The molecule has 3 heterocycles. The molecule has 3 N–H and O–H groups in total. The van der Waals surface area contributed by atoms with Gasteiger partial charge in [-0.3, -0.25) is 14.7 Å². The second-order valence-electron chi connectivity index (χ2n) is 9.49. The topological polar surface area (TPSA) is 96.5 Å². The first kappa shape index (κ1) is 24.7. The number of aromatic carboxylic acids is 1. The van der Waals surface area contributed by atoms with E-state index in [-0.39, 0.29) is 23.8 Å². The Balaban J connectivity index is 1.60. The number of halogens is 3. The normalized spacial score (nSPS) is 23.7. The second-order valence-corrected chi connectivity index (χ2v) is 10.3. The third kappa shape index (κ3) is 4.05. The standard InChI is InChI=1S/C27H24Cl2FN3O3/c28-20-7-3-1-5-17(20)24(18-6-2-4-8-21(18)29)33-15-9-10-16(33)13-27(12-15,26(31)36)23-11-19(25(34)35)22(30)14-32-23/h1-8,11,14-16,24H,9-10,12-13H2,(H2,31,36)(H,34,35)/t15-,16+,27?. The average Bonchev–Trinajstić information content (AvgIpc) is 3.10. The third-order valence-corrected chi connectivity index (χ3v) is 8.28. The summed E-state index contributed by atoms with van der Waals surface area (Å²) < 4.78 is 14.1. The first-order chi connectivity index (χ1) is 17.2. The summed E-state index contributed by atoms with van der Waals surface area (Å²) in [4.78, 5) is 31.0. The molecule has 1 aromatic heterocycles. The number of benzene rings is 2. The van der Waals surface area contributed by atoms with Gasteiger partial charge in [0.2, 0.25) is 5.91 Å². The molecule has 9 heteroatoms. The predicted octanol–water partition coefficient (Wildman–Crippen LogP) is 5.37. The number of aromatic nitrogens is 1. The minimum atomic E-state index is -1.42. The van der Waals surface area contributed by atoms with Crippen LogP contribution in [-0.4, -0.2) is 39.0 Å². The highest BCUT2D eigenvalue weighted by Gasteiger charge is 2.55. The molecule has 3 aromatic rings. The Kier molecular flexibility index (Phi) is 6.49. The highest BCUT2D eigenvalue weighted by molar-refractivity contribution is 6.32. The number of piperidine rings is 1. The third-order valence-electron chi connectivity index (χ3n) is 7.59. The van der Waals surface area contributed by atoms with Gasteiger partial charge in [-0.05, 0) is 55.0 Å². The van der Waals surface area contributed by atoms with Crippen LogP contribution in [0.15, 0.2) is 60.8 Å². The number of rotatable bonds is 6. The molecule has 2 bridgehead atoms. The molecule has 2 aromatic carbocycles. The number of hydrogen-bond donors (Lipinski definition) is 2. The van der Waals surface area contributed by atoms with E-state index in [1.807, 2.05) is 48.5 Å². The van der Waals surface area contributed by atoms with Crippen LogP contribution in [0, 0.1) is 5.82 Å². The number of nitrogens with two attached hydrogens (primary N) is 1. The highest BCUT2D eigenvalue weighted by Crippen LogP contribution is 2.52. The molecule has 36 heavy (non-hydrogen) atoms. The van der Waals surface area contributed by atoms with Crippen LogP contribution in [0.2, 0.25) is 10.0 Å². The molecule has 0 aliphatic carbocycles. The number of amides is 1. The number of carbonyl (C=O) groups is 2. The fourth-order valence-electron chi connectivity index (χ4n) is 5.99. The zero-order chi connectivity index (χ0) is 25.6. The van der Waals surface area contributed by atoms with E-state index in [0.717, 1.165) is 36.2 Å². The van der Waals surface area contributed by atoms with Gasteiger partial charge in [0.15, 0.2) is 5.82 Å². The molecule has 1 unspecified atom stereocenters. The van der Waals surface area contributed by atoms with E-state index < -0.39 is 28.7 Å². The van der Waals surface area contributed by atoms with Crippen LogP contribution in [0.1, 0.15) is 58.9 Å². The number of pyridine rings is 1. The molecule has 0 radical (unpaired) electrons. The average molecular weight is 528 g/mol. The Morgan fingerprint density at radius 3 is 2.03 bits per heavy atom. The largest absolute Gasteiger partial charge is 0.478 e. The highest BCUT2D eigenvalue weighted by atomic mass is 35.5. The molecule has 6 nitrogen and oxygen atoms in total. The maximum atomic E-state index is 14.1. The van der Waals surface area contributed by atoms with Gasteiger partial charge in [0.25, 0.3) is 0 Å². The molecule has 1 amide bonds. The predicted molar refractivity (Wildman–Crippen MR) is 135 cm³/mol. The van der Waals surface area contributed by atoms with Crippen molar-refractivity contribution in [2.45, 2.75) is 49.2 Å². The Morgan fingerprint density at radius 1 is 1.03 bits per heavy atom. The van der Waals surface area contributed by atoms with Gasteiger partial charge in [-0.25, -0.2) is 9.18 Å². The lowest BCUT2D eigenvalue weighted by Gasteiger charge is -2.48. The van der Waals surface area contributed by atoms with E-state index in [2.05, 4.69) is 9.88 Å². The molecule has 2 aliphatic heterocycles. The molecule has 2 saturated heterocycles. The summed E-state index contributed by atoms with van der Waals surface area (Å²) in [6, 6.07) is 16.0. The number of nitrogens with zero attached hydrogens (tertiary/aromatic N) is 2. The SMILES string of the molecule is NC(=O)C1(c2cc(C(=O)O)c(F)cn2)C[C@H]2CC[C@@H](C1)N2C(c1ccccc1Cl)c1ccccc1Cl. The summed E-state index contributed by atoms with van der Waals surface area (Å²) in [6.07, 6.45) is 3.11.